The summed E-state index contributed by atoms with van der Waals surface area (Å²) in [5, 5.41) is 10.5. The molecule has 0 amide bonds. The summed E-state index contributed by atoms with van der Waals surface area (Å²) < 4.78 is 19.2. The maximum atomic E-state index is 13.1. The monoisotopic (exact) mass is 322 g/mol. The second-order valence-corrected chi connectivity index (χ2v) is 5.36. The highest BCUT2D eigenvalue weighted by Crippen LogP contribution is 2.38. The summed E-state index contributed by atoms with van der Waals surface area (Å²) in [5.41, 5.74) is 2.46. The van der Waals surface area contributed by atoms with Crippen molar-refractivity contribution < 1.29 is 14.2 Å². The third-order valence-corrected chi connectivity index (χ3v) is 3.98. The smallest absolute Gasteiger partial charge is 0.128 e. The summed E-state index contributed by atoms with van der Waals surface area (Å²) in [6, 6.07) is 10.0. The molecule has 0 aliphatic carbocycles. The number of fused-ring (bicyclic) bond motifs is 1. The van der Waals surface area contributed by atoms with E-state index in [0.717, 1.165) is 23.3 Å². The van der Waals surface area contributed by atoms with Crippen LogP contribution in [0.1, 0.15) is 22.8 Å². The molecule has 0 saturated heterocycles. The van der Waals surface area contributed by atoms with Crippen LogP contribution in [0.3, 0.4) is 0 Å². The van der Waals surface area contributed by atoms with E-state index in [4.69, 9.17) is 4.74 Å². The molecule has 0 bridgehead atoms. The SMILES string of the molecule is OC(c1ccc(F)cc1Br)c1cccc2c1OCC2. The molecule has 1 aliphatic rings. The molecule has 0 spiro atoms. The molecule has 4 heteroatoms. The minimum Gasteiger partial charge on any atom is -0.493 e. The Morgan fingerprint density at radius 1 is 1.21 bits per heavy atom. The van der Waals surface area contributed by atoms with Crippen LogP contribution in [0.25, 0.3) is 0 Å². The van der Waals surface area contributed by atoms with Crippen LogP contribution in [0.5, 0.6) is 5.75 Å². The Balaban J connectivity index is 2.05. The zero-order valence-electron chi connectivity index (χ0n) is 10.1. The maximum Gasteiger partial charge on any atom is 0.128 e. The van der Waals surface area contributed by atoms with E-state index in [-0.39, 0.29) is 5.82 Å². The van der Waals surface area contributed by atoms with Gasteiger partial charge in [0.1, 0.15) is 17.7 Å². The van der Waals surface area contributed by atoms with E-state index in [1.165, 1.54) is 12.1 Å². The average molecular weight is 323 g/mol. The van der Waals surface area contributed by atoms with Gasteiger partial charge in [-0.2, -0.15) is 0 Å². The molecule has 98 valence electrons. The Morgan fingerprint density at radius 3 is 2.84 bits per heavy atom. The van der Waals surface area contributed by atoms with E-state index in [2.05, 4.69) is 15.9 Å². The minimum atomic E-state index is -0.831. The molecule has 19 heavy (non-hydrogen) atoms. The summed E-state index contributed by atoms with van der Waals surface area (Å²) in [6.45, 7) is 0.643. The number of aliphatic hydroxyl groups excluding tert-OH is 1. The topological polar surface area (TPSA) is 29.5 Å². The van der Waals surface area contributed by atoms with E-state index in [1.54, 1.807) is 6.07 Å². The first-order valence-corrected chi connectivity index (χ1v) is 6.83. The molecule has 3 rings (SSSR count). The third kappa shape index (κ3) is 2.26. The van der Waals surface area contributed by atoms with Gasteiger partial charge in [0.25, 0.3) is 0 Å². The molecule has 1 unspecified atom stereocenters. The molecule has 0 saturated carbocycles. The van der Waals surface area contributed by atoms with Crippen molar-refractivity contribution in [3.63, 3.8) is 0 Å². The number of benzene rings is 2. The second kappa shape index (κ2) is 4.94. The van der Waals surface area contributed by atoms with Gasteiger partial charge in [-0.3, -0.25) is 0 Å². The third-order valence-electron chi connectivity index (χ3n) is 3.30. The van der Waals surface area contributed by atoms with Gasteiger partial charge in [0.05, 0.1) is 6.61 Å². The zero-order chi connectivity index (χ0) is 13.4. The van der Waals surface area contributed by atoms with Crippen molar-refractivity contribution in [2.75, 3.05) is 6.61 Å². The van der Waals surface area contributed by atoms with E-state index in [0.29, 0.717) is 16.6 Å². The fourth-order valence-corrected chi connectivity index (χ4v) is 2.91. The molecule has 1 aliphatic heterocycles. The molecule has 2 aromatic carbocycles. The Hall–Kier alpha value is -1.39. The molecule has 0 fully saturated rings. The van der Waals surface area contributed by atoms with Crippen molar-refractivity contribution in [2.45, 2.75) is 12.5 Å². The summed E-state index contributed by atoms with van der Waals surface area (Å²) in [6.07, 6.45) is 0.0311. The standard InChI is InChI=1S/C15H12BrFO2/c16-13-8-10(17)4-5-11(13)14(18)12-3-1-2-9-6-7-19-15(9)12/h1-5,8,14,18H,6-7H2. The van der Waals surface area contributed by atoms with Gasteiger partial charge in [0.2, 0.25) is 0 Å². The minimum absolute atomic E-state index is 0.336. The van der Waals surface area contributed by atoms with Crippen LogP contribution in [-0.2, 0) is 6.42 Å². The molecule has 1 N–H and O–H groups in total. The molecule has 0 radical (unpaired) electrons. The van der Waals surface area contributed by atoms with E-state index >= 15 is 0 Å². The predicted octanol–water partition coefficient (Wildman–Crippen LogP) is 3.60. The number of rotatable bonds is 2. The highest BCUT2D eigenvalue weighted by Gasteiger charge is 2.23. The second-order valence-electron chi connectivity index (χ2n) is 4.50. The molecular formula is C15H12BrFO2. The molecule has 0 aromatic heterocycles. The van der Waals surface area contributed by atoms with E-state index in [9.17, 15) is 9.50 Å². The van der Waals surface area contributed by atoms with Crippen LogP contribution >= 0.6 is 15.9 Å². The lowest BCUT2D eigenvalue weighted by molar-refractivity contribution is 0.213. The largest absolute Gasteiger partial charge is 0.493 e. The molecule has 2 aromatic rings. The lowest BCUT2D eigenvalue weighted by Crippen LogP contribution is -2.03. The summed E-state index contributed by atoms with van der Waals surface area (Å²) in [5.74, 6) is 0.420. The first kappa shape index (κ1) is 12.6. The summed E-state index contributed by atoms with van der Waals surface area (Å²) in [4.78, 5) is 0. The van der Waals surface area contributed by atoms with Crippen LogP contribution in [0.2, 0.25) is 0 Å². The quantitative estimate of drug-likeness (QED) is 0.915. The molecule has 1 atom stereocenters. The Morgan fingerprint density at radius 2 is 2.05 bits per heavy atom. The first-order chi connectivity index (χ1) is 9.16. The van der Waals surface area contributed by atoms with Gasteiger partial charge in [0.15, 0.2) is 0 Å². The normalized spacial score (nSPS) is 14.9. The fraction of sp³-hybridized carbons (Fsp3) is 0.200. The number of hydrogen-bond donors (Lipinski definition) is 1. The van der Waals surface area contributed by atoms with E-state index in [1.807, 2.05) is 18.2 Å². The van der Waals surface area contributed by atoms with Crippen LogP contribution in [0.15, 0.2) is 40.9 Å². The van der Waals surface area contributed by atoms with Crippen molar-refractivity contribution in [3.8, 4) is 5.75 Å². The lowest BCUT2D eigenvalue weighted by atomic mass is 9.98. The van der Waals surface area contributed by atoms with Gasteiger partial charge in [-0.05, 0) is 23.3 Å². The number of hydrogen-bond acceptors (Lipinski definition) is 2. The van der Waals surface area contributed by atoms with Gasteiger partial charge >= 0.3 is 0 Å². The molecule has 1 heterocycles. The van der Waals surface area contributed by atoms with Gasteiger partial charge in [-0.1, -0.05) is 40.2 Å². The van der Waals surface area contributed by atoms with Crippen LogP contribution in [-0.4, -0.2) is 11.7 Å². The first-order valence-electron chi connectivity index (χ1n) is 6.04. The molecule has 2 nitrogen and oxygen atoms in total. The number of aliphatic hydroxyl groups is 1. The summed E-state index contributed by atoms with van der Waals surface area (Å²) in [7, 11) is 0. The number of halogens is 2. The zero-order valence-corrected chi connectivity index (χ0v) is 11.7. The van der Waals surface area contributed by atoms with Crippen molar-refractivity contribution in [1.29, 1.82) is 0 Å². The fourth-order valence-electron chi connectivity index (χ4n) is 2.35. The van der Waals surface area contributed by atoms with Gasteiger partial charge in [0, 0.05) is 16.5 Å². The highest BCUT2D eigenvalue weighted by molar-refractivity contribution is 9.10. The van der Waals surface area contributed by atoms with Crippen LogP contribution in [0.4, 0.5) is 4.39 Å². The van der Waals surface area contributed by atoms with E-state index < -0.39 is 6.10 Å². The Labute approximate surface area is 119 Å². The number of ether oxygens (including phenoxy) is 1. The molecular weight excluding hydrogens is 311 g/mol. The summed E-state index contributed by atoms with van der Waals surface area (Å²) >= 11 is 3.28. The van der Waals surface area contributed by atoms with Gasteiger partial charge in [-0.15, -0.1) is 0 Å². The van der Waals surface area contributed by atoms with Gasteiger partial charge in [-0.25, -0.2) is 4.39 Å². The predicted molar refractivity (Wildman–Crippen MR) is 73.8 cm³/mol. The number of para-hydroxylation sites is 1. The van der Waals surface area contributed by atoms with Gasteiger partial charge < -0.3 is 9.84 Å². The average Bonchev–Trinajstić information content (AvgIpc) is 2.86. The Bertz CT molecular complexity index is 628. The van der Waals surface area contributed by atoms with Crippen molar-refractivity contribution in [3.05, 3.63) is 63.4 Å². The Kier molecular flexibility index (Phi) is 3.29. The van der Waals surface area contributed by atoms with Crippen molar-refractivity contribution >= 4 is 15.9 Å². The highest BCUT2D eigenvalue weighted by atomic mass is 79.9. The van der Waals surface area contributed by atoms with Crippen molar-refractivity contribution in [1.82, 2.24) is 0 Å². The van der Waals surface area contributed by atoms with Crippen molar-refractivity contribution in [2.24, 2.45) is 0 Å². The lowest BCUT2D eigenvalue weighted by Gasteiger charge is -2.16. The van der Waals surface area contributed by atoms with Crippen LogP contribution < -0.4 is 4.74 Å². The maximum absolute atomic E-state index is 13.1. The van der Waals surface area contributed by atoms with Crippen LogP contribution in [0, 0.1) is 5.82 Å².